The minimum absolute atomic E-state index is 0.135. The molecule has 0 atom stereocenters. The Labute approximate surface area is 213 Å². The highest BCUT2D eigenvalue weighted by atomic mass is 16.5. The second kappa shape index (κ2) is 12.5. The predicted octanol–water partition coefficient (Wildman–Crippen LogP) is 5.50. The number of fused-ring (bicyclic) bond motifs is 1. The van der Waals surface area contributed by atoms with Crippen LogP contribution in [0.4, 0.5) is 4.79 Å². The number of carbonyl (C=O) groups excluding carboxylic acids is 1. The Bertz CT molecular complexity index is 1270. The summed E-state index contributed by atoms with van der Waals surface area (Å²) in [4.78, 5) is 17.6. The van der Waals surface area contributed by atoms with Gasteiger partial charge in [0.15, 0.2) is 0 Å². The summed E-state index contributed by atoms with van der Waals surface area (Å²) in [6, 6.07) is 16.6. The maximum Gasteiger partial charge on any atom is 0.325 e. The molecular weight excluding hydrogens is 452 g/mol. The lowest BCUT2D eigenvalue weighted by atomic mass is 10.00. The van der Waals surface area contributed by atoms with E-state index in [-0.39, 0.29) is 12.1 Å². The minimum atomic E-state index is -0.135. The Morgan fingerprint density at radius 3 is 2.72 bits per heavy atom. The highest BCUT2D eigenvalue weighted by Gasteiger charge is 2.16. The van der Waals surface area contributed by atoms with Crippen molar-refractivity contribution < 1.29 is 14.3 Å². The summed E-state index contributed by atoms with van der Waals surface area (Å²) in [7, 11) is 1.67. The molecule has 0 aliphatic heterocycles. The van der Waals surface area contributed by atoms with Crippen molar-refractivity contribution in [2.75, 3.05) is 26.9 Å². The van der Waals surface area contributed by atoms with Crippen LogP contribution in [0.3, 0.4) is 0 Å². The van der Waals surface area contributed by atoms with E-state index in [0.717, 1.165) is 41.9 Å². The highest BCUT2D eigenvalue weighted by molar-refractivity contribution is 5.97. The number of aryl methyl sites for hydroxylation is 1. The number of methoxy groups -OCH3 is 1. The average Bonchev–Trinajstić information content (AvgIpc) is 3.51. The maximum absolute atomic E-state index is 13.2. The van der Waals surface area contributed by atoms with Crippen molar-refractivity contribution >= 4 is 16.8 Å². The normalized spacial score (nSPS) is 11.4. The topological polar surface area (TPSA) is 70.3 Å². The van der Waals surface area contributed by atoms with E-state index < -0.39 is 0 Å². The van der Waals surface area contributed by atoms with Gasteiger partial charge in [0.05, 0.1) is 12.4 Å². The minimum Gasteiger partial charge on any atom is -0.385 e. The molecule has 7 heteroatoms. The molecule has 2 heterocycles. The van der Waals surface area contributed by atoms with Crippen LogP contribution in [0.1, 0.15) is 38.1 Å². The smallest absolute Gasteiger partial charge is 0.325 e. The van der Waals surface area contributed by atoms with Crippen molar-refractivity contribution in [1.29, 1.82) is 0 Å². The summed E-state index contributed by atoms with van der Waals surface area (Å²) in [6.45, 7) is 6.79. The van der Waals surface area contributed by atoms with Crippen LogP contribution in [-0.2, 0) is 22.4 Å². The van der Waals surface area contributed by atoms with Gasteiger partial charge in [0, 0.05) is 69.2 Å². The van der Waals surface area contributed by atoms with Crippen LogP contribution in [0, 0.1) is 0 Å². The molecule has 0 fully saturated rings. The number of carbonyl (C=O) groups is 1. The van der Waals surface area contributed by atoms with Gasteiger partial charge in [-0.3, -0.25) is 4.57 Å². The van der Waals surface area contributed by atoms with Crippen molar-refractivity contribution in [2.24, 2.45) is 0 Å². The number of amides is 1. The van der Waals surface area contributed by atoms with Crippen molar-refractivity contribution in [1.82, 2.24) is 19.4 Å². The number of ether oxygens (including phenoxy) is 2. The fourth-order valence-electron chi connectivity index (χ4n) is 4.39. The standard InChI is InChI=1S/C29H36N4O3/c1-22(2)36-16-8-14-32-21-30-19-26(32)18-25-17-24(20-33(25)29(34)31-13-7-15-35-3)28-12-6-10-23-9-4-5-11-27(23)28/h4-6,9-12,17,19-22H,7-8,13-16,18H2,1-3H3,(H,31,34). The molecule has 1 amide bonds. The molecule has 190 valence electrons. The molecular formula is C29H36N4O3. The van der Waals surface area contributed by atoms with Crippen LogP contribution in [0.25, 0.3) is 21.9 Å². The van der Waals surface area contributed by atoms with Crippen LogP contribution in [0.2, 0.25) is 0 Å². The van der Waals surface area contributed by atoms with Crippen LogP contribution >= 0.6 is 0 Å². The van der Waals surface area contributed by atoms with E-state index in [9.17, 15) is 4.79 Å². The molecule has 0 spiro atoms. The van der Waals surface area contributed by atoms with Gasteiger partial charge in [0.2, 0.25) is 0 Å². The number of nitrogens with one attached hydrogen (secondary N) is 1. The lowest BCUT2D eigenvalue weighted by Gasteiger charge is -2.12. The summed E-state index contributed by atoms with van der Waals surface area (Å²) in [5, 5.41) is 5.37. The van der Waals surface area contributed by atoms with Gasteiger partial charge in [0.1, 0.15) is 0 Å². The van der Waals surface area contributed by atoms with Gasteiger partial charge in [0.25, 0.3) is 0 Å². The average molecular weight is 489 g/mol. The molecule has 0 saturated heterocycles. The number of hydrogen-bond acceptors (Lipinski definition) is 4. The Morgan fingerprint density at radius 2 is 1.89 bits per heavy atom. The maximum atomic E-state index is 13.2. The van der Waals surface area contributed by atoms with Crippen LogP contribution in [-0.4, -0.2) is 53.1 Å². The first-order chi connectivity index (χ1) is 17.6. The fraction of sp³-hybridized carbons (Fsp3) is 0.379. The SMILES string of the molecule is COCCCNC(=O)n1cc(-c2cccc3ccccc23)cc1Cc1cncn1CCCOC(C)C. The first kappa shape index (κ1) is 25.7. The van der Waals surface area contributed by atoms with E-state index in [4.69, 9.17) is 9.47 Å². The number of nitrogens with zero attached hydrogens (tertiary/aromatic N) is 3. The second-order valence-corrected chi connectivity index (χ2v) is 9.22. The third kappa shape index (κ3) is 6.42. The molecule has 4 rings (SSSR count). The molecule has 0 aliphatic rings. The number of hydrogen-bond donors (Lipinski definition) is 1. The van der Waals surface area contributed by atoms with Crippen molar-refractivity contribution in [3.05, 3.63) is 78.6 Å². The largest absolute Gasteiger partial charge is 0.385 e. The lowest BCUT2D eigenvalue weighted by Crippen LogP contribution is -2.30. The van der Waals surface area contributed by atoms with E-state index >= 15 is 0 Å². The zero-order valence-electron chi connectivity index (χ0n) is 21.4. The van der Waals surface area contributed by atoms with Gasteiger partial charge < -0.3 is 19.4 Å². The van der Waals surface area contributed by atoms with Crippen LogP contribution < -0.4 is 5.32 Å². The number of benzene rings is 2. The van der Waals surface area contributed by atoms with E-state index in [2.05, 4.69) is 51.3 Å². The van der Waals surface area contributed by atoms with Crippen molar-refractivity contribution in [3.8, 4) is 11.1 Å². The first-order valence-corrected chi connectivity index (χ1v) is 12.6. The van der Waals surface area contributed by atoms with Crippen LogP contribution in [0.15, 0.2) is 67.3 Å². The third-order valence-corrected chi connectivity index (χ3v) is 6.18. The Balaban J connectivity index is 1.61. The summed E-state index contributed by atoms with van der Waals surface area (Å²) in [5.41, 5.74) is 4.11. The van der Waals surface area contributed by atoms with E-state index in [1.807, 2.05) is 44.7 Å². The number of rotatable bonds is 12. The van der Waals surface area contributed by atoms with Crippen LogP contribution in [0.5, 0.6) is 0 Å². The molecule has 0 saturated carbocycles. The predicted molar refractivity (Wildman–Crippen MR) is 143 cm³/mol. The highest BCUT2D eigenvalue weighted by Crippen LogP contribution is 2.30. The Hall–Kier alpha value is -3.42. The molecule has 4 aromatic rings. The van der Waals surface area contributed by atoms with Gasteiger partial charge in [-0.1, -0.05) is 42.5 Å². The summed E-state index contributed by atoms with van der Waals surface area (Å²) < 4.78 is 14.7. The van der Waals surface area contributed by atoms with Crippen molar-refractivity contribution in [3.63, 3.8) is 0 Å². The number of imidazole rings is 1. The molecule has 0 bridgehead atoms. The fourth-order valence-corrected chi connectivity index (χ4v) is 4.39. The van der Waals surface area contributed by atoms with Gasteiger partial charge in [-0.15, -0.1) is 0 Å². The second-order valence-electron chi connectivity index (χ2n) is 9.22. The molecule has 0 radical (unpaired) electrons. The molecule has 0 aliphatic carbocycles. The lowest BCUT2D eigenvalue weighted by molar-refractivity contribution is 0.0747. The van der Waals surface area contributed by atoms with E-state index in [1.165, 1.54) is 10.8 Å². The van der Waals surface area contributed by atoms with E-state index in [0.29, 0.717) is 26.2 Å². The molecule has 0 unspecified atom stereocenters. The Morgan fingerprint density at radius 1 is 1.06 bits per heavy atom. The summed E-state index contributed by atoms with van der Waals surface area (Å²) in [5.74, 6) is 0. The molecule has 2 aromatic heterocycles. The Kier molecular flexibility index (Phi) is 8.92. The first-order valence-electron chi connectivity index (χ1n) is 12.6. The van der Waals surface area contributed by atoms with E-state index in [1.54, 1.807) is 11.7 Å². The quantitative estimate of drug-likeness (QED) is 0.267. The van der Waals surface area contributed by atoms with Gasteiger partial charge in [-0.05, 0) is 49.1 Å². The molecule has 2 aromatic carbocycles. The summed E-state index contributed by atoms with van der Waals surface area (Å²) >= 11 is 0. The van der Waals surface area contributed by atoms with Gasteiger partial charge in [-0.25, -0.2) is 9.78 Å². The summed E-state index contributed by atoms with van der Waals surface area (Å²) in [6.07, 6.45) is 8.18. The zero-order chi connectivity index (χ0) is 25.3. The number of aromatic nitrogens is 3. The van der Waals surface area contributed by atoms with Crippen molar-refractivity contribution in [2.45, 2.75) is 45.8 Å². The third-order valence-electron chi connectivity index (χ3n) is 6.18. The molecule has 1 N–H and O–H groups in total. The zero-order valence-corrected chi connectivity index (χ0v) is 21.4. The molecule has 36 heavy (non-hydrogen) atoms. The molecule has 7 nitrogen and oxygen atoms in total. The monoisotopic (exact) mass is 488 g/mol. The van der Waals surface area contributed by atoms with Gasteiger partial charge in [-0.2, -0.15) is 0 Å². The van der Waals surface area contributed by atoms with Gasteiger partial charge >= 0.3 is 6.03 Å².